The third-order valence-corrected chi connectivity index (χ3v) is 8.21. The molecule has 2 saturated carbocycles. The highest BCUT2D eigenvalue weighted by atomic mass is 32.2. The van der Waals surface area contributed by atoms with Gasteiger partial charge in [-0.3, -0.25) is 0 Å². The van der Waals surface area contributed by atoms with Crippen molar-refractivity contribution in [2.24, 2.45) is 18.9 Å². The van der Waals surface area contributed by atoms with Crippen molar-refractivity contribution in [2.45, 2.75) is 55.8 Å². The van der Waals surface area contributed by atoms with Gasteiger partial charge in [-0.1, -0.05) is 17.8 Å². The molecule has 0 saturated heterocycles. The molecule has 10 heteroatoms. The molecule has 3 atom stereocenters. The van der Waals surface area contributed by atoms with E-state index in [1.54, 1.807) is 11.8 Å². The van der Waals surface area contributed by atoms with Gasteiger partial charge in [0.1, 0.15) is 5.82 Å². The van der Waals surface area contributed by atoms with Gasteiger partial charge >= 0.3 is 6.18 Å². The lowest BCUT2D eigenvalue weighted by atomic mass is 9.88. The van der Waals surface area contributed by atoms with E-state index in [0.29, 0.717) is 35.1 Å². The minimum Gasteiger partial charge on any atom is -0.440 e. The molecular weight excluding hydrogens is 456 g/mol. The molecule has 2 aromatic heterocycles. The van der Waals surface area contributed by atoms with Gasteiger partial charge in [0.05, 0.1) is 11.3 Å². The Balaban J connectivity index is 1.15. The molecule has 33 heavy (non-hydrogen) atoms. The summed E-state index contributed by atoms with van der Waals surface area (Å²) in [5, 5.41) is 9.27. The summed E-state index contributed by atoms with van der Waals surface area (Å²) in [6.45, 7) is 1.86. The highest BCUT2D eigenvalue weighted by Crippen LogP contribution is 2.67. The van der Waals surface area contributed by atoms with Crippen molar-refractivity contribution in [3.63, 3.8) is 0 Å². The van der Waals surface area contributed by atoms with Gasteiger partial charge in [-0.05, 0) is 68.6 Å². The largest absolute Gasteiger partial charge is 0.440 e. The summed E-state index contributed by atoms with van der Waals surface area (Å²) in [6, 6.07) is 3.03. The van der Waals surface area contributed by atoms with Crippen molar-refractivity contribution in [3.05, 3.63) is 47.2 Å². The number of thioether (sulfide) groups is 1. The van der Waals surface area contributed by atoms with Gasteiger partial charge in [-0.2, -0.15) is 13.2 Å². The average molecular weight is 481 g/mol. The van der Waals surface area contributed by atoms with Crippen LogP contribution in [0.15, 0.2) is 34.2 Å². The van der Waals surface area contributed by atoms with Crippen LogP contribution in [0.5, 0.6) is 0 Å². The number of alkyl halides is 3. The molecule has 2 fully saturated rings. The summed E-state index contributed by atoms with van der Waals surface area (Å²) in [5.41, 5.74) is 0.0423. The van der Waals surface area contributed by atoms with Crippen LogP contribution in [0, 0.1) is 24.6 Å². The van der Waals surface area contributed by atoms with E-state index in [9.17, 15) is 17.6 Å². The number of nitrogens with zero attached hydrogens (tertiary/aromatic N) is 4. The van der Waals surface area contributed by atoms with Gasteiger partial charge in [-0.15, -0.1) is 10.2 Å². The number of fused-ring (bicyclic) bond motifs is 1. The Hall–Kier alpha value is -2.36. The monoisotopic (exact) mass is 480 g/mol. The topological polar surface area (TPSA) is 56.7 Å². The van der Waals surface area contributed by atoms with Crippen LogP contribution in [0.2, 0.25) is 0 Å². The van der Waals surface area contributed by atoms with Crippen molar-refractivity contribution < 1.29 is 22.0 Å². The fourth-order valence-corrected chi connectivity index (χ4v) is 6.26. The van der Waals surface area contributed by atoms with Crippen LogP contribution >= 0.6 is 11.8 Å². The van der Waals surface area contributed by atoms with Crippen molar-refractivity contribution in [3.8, 4) is 11.6 Å². The Bertz CT molecular complexity index is 1170. The molecule has 0 amide bonds. The van der Waals surface area contributed by atoms with Gasteiger partial charge in [0, 0.05) is 18.2 Å². The first-order valence-electron chi connectivity index (χ1n) is 11.0. The highest BCUT2D eigenvalue weighted by Gasteiger charge is 2.61. The normalized spacial score (nSPS) is 24.3. The summed E-state index contributed by atoms with van der Waals surface area (Å²) >= 11 is 1.63. The zero-order chi connectivity index (χ0) is 23.4. The van der Waals surface area contributed by atoms with E-state index in [2.05, 4.69) is 15.2 Å². The zero-order valence-corrected chi connectivity index (χ0v) is 19.1. The molecule has 0 spiro atoms. The number of oxazole rings is 1. The first kappa shape index (κ1) is 22.4. The fraction of sp³-hybridized carbons (Fsp3) is 0.522. The highest BCUT2D eigenvalue weighted by molar-refractivity contribution is 7.99. The van der Waals surface area contributed by atoms with Gasteiger partial charge < -0.3 is 8.98 Å². The molecule has 1 aromatic carbocycles. The lowest BCUT2D eigenvalue weighted by Crippen LogP contribution is -2.13. The molecule has 2 aliphatic rings. The van der Waals surface area contributed by atoms with Gasteiger partial charge in [-0.25, -0.2) is 9.37 Å². The number of rotatable bonds is 7. The van der Waals surface area contributed by atoms with Gasteiger partial charge in [0.25, 0.3) is 0 Å². The maximum atomic E-state index is 14.6. The third kappa shape index (κ3) is 4.06. The van der Waals surface area contributed by atoms with Crippen molar-refractivity contribution in [1.82, 2.24) is 19.7 Å². The second-order valence-electron chi connectivity index (χ2n) is 9.18. The maximum Gasteiger partial charge on any atom is 0.416 e. The summed E-state index contributed by atoms with van der Waals surface area (Å²) in [6.07, 6.45) is 1.61. The van der Waals surface area contributed by atoms with E-state index in [1.165, 1.54) is 12.5 Å². The van der Waals surface area contributed by atoms with Crippen molar-refractivity contribution >= 4 is 11.8 Å². The zero-order valence-electron chi connectivity index (χ0n) is 18.3. The minimum atomic E-state index is -4.52. The van der Waals surface area contributed by atoms with Crippen LogP contribution < -0.4 is 0 Å². The molecular formula is C23H24F4N4OS. The van der Waals surface area contributed by atoms with E-state index in [4.69, 9.17) is 4.42 Å². The number of hydrogen-bond donors (Lipinski definition) is 0. The molecule has 5 nitrogen and oxygen atoms in total. The molecule has 2 aliphatic carbocycles. The summed E-state index contributed by atoms with van der Waals surface area (Å²) in [5.74, 6) is 2.27. The molecule has 0 aliphatic heterocycles. The second-order valence-corrected chi connectivity index (χ2v) is 10.2. The van der Waals surface area contributed by atoms with Crippen LogP contribution in [-0.4, -0.2) is 25.5 Å². The molecule has 0 radical (unpaired) electrons. The Morgan fingerprint density at radius 3 is 2.76 bits per heavy atom. The number of halogens is 4. The average Bonchev–Trinajstić information content (AvgIpc) is 3.06. The number of aryl methyl sites for hydroxylation is 1. The van der Waals surface area contributed by atoms with E-state index < -0.39 is 17.6 Å². The Labute approximate surface area is 193 Å². The Morgan fingerprint density at radius 2 is 2.06 bits per heavy atom. The fourth-order valence-electron chi connectivity index (χ4n) is 5.39. The molecule has 0 bridgehead atoms. The molecule has 5 rings (SSSR count). The number of aromatic nitrogens is 4. The second kappa shape index (κ2) is 8.14. The van der Waals surface area contributed by atoms with Crippen molar-refractivity contribution in [2.75, 3.05) is 5.75 Å². The first-order chi connectivity index (χ1) is 15.7. The minimum absolute atomic E-state index is 0.264. The predicted octanol–water partition coefficient (Wildman–Crippen LogP) is 6.18. The third-order valence-electron chi connectivity index (χ3n) is 7.11. The van der Waals surface area contributed by atoms with E-state index >= 15 is 0 Å². The van der Waals surface area contributed by atoms with Crippen LogP contribution in [-0.2, 0) is 18.6 Å². The number of benzene rings is 1. The quantitative estimate of drug-likeness (QED) is 0.230. The summed E-state index contributed by atoms with van der Waals surface area (Å²) < 4.78 is 60.5. The van der Waals surface area contributed by atoms with E-state index in [0.717, 1.165) is 54.8 Å². The molecule has 2 heterocycles. The van der Waals surface area contributed by atoms with Crippen LogP contribution in [0.25, 0.3) is 11.6 Å². The molecule has 176 valence electrons. The van der Waals surface area contributed by atoms with Gasteiger partial charge in [0.15, 0.2) is 17.3 Å². The summed E-state index contributed by atoms with van der Waals surface area (Å²) in [4.78, 5) is 4.09. The Kier molecular flexibility index (Phi) is 5.54. The summed E-state index contributed by atoms with van der Waals surface area (Å²) in [7, 11) is 1.90. The first-order valence-corrected chi connectivity index (χ1v) is 12.0. The van der Waals surface area contributed by atoms with Crippen LogP contribution in [0.4, 0.5) is 17.6 Å². The smallest absolute Gasteiger partial charge is 0.416 e. The molecule has 1 unspecified atom stereocenters. The Morgan fingerprint density at radius 1 is 1.24 bits per heavy atom. The van der Waals surface area contributed by atoms with E-state index in [1.807, 2.05) is 18.5 Å². The lowest BCUT2D eigenvalue weighted by molar-refractivity contribution is -0.137. The lowest BCUT2D eigenvalue weighted by Gasteiger charge is -2.18. The van der Waals surface area contributed by atoms with Crippen molar-refractivity contribution in [1.29, 1.82) is 0 Å². The maximum absolute atomic E-state index is 14.6. The van der Waals surface area contributed by atoms with E-state index in [-0.39, 0.29) is 5.41 Å². The predicted molar refractivity (Wildman–Crippen MR) is 115 cm³/mol. The van der Waals surface area contributed by atoms with Gasteiger partial charge in [0.2, 0.25) is 5.82 Å². The van der Waals surface area contributed by atoms with Crippen LogP contribution in [0.3, 0.4) is 0 Å². The standard InChI is InChI=1S/C23H24F4N4OS/c1-13-19(32-12-28-13)20-29-30-21(31(20)2)33-7-3-4-14-8-16-11-22(16,10-14)17-6-5-15(9-18(17)24)23(25,26)27/h5-6,9,12,14,16H,3-4,7-8,10-11H2,1-2H3/t14?,16-,22-/m1/s1. The number of hydrogen-bond acceptors (Lipinski definition) is 5. The van der Waals surface area contributed by atoms with Crippen LogP contribution in [0.1, 0.15) is 48.9 Å². The molecule has 3 aromatic rings. The molecule has 0 N–H and O–H groups in total. The SMILES string of the molecule is Cc1ncoc1-c1nnc(SCCCC2C[C@@H]3C[C@]3(c3ccc(C(F)(F)F)cc3F)C2)n1C.